The van der Waals surface area contributed by atoms with Crippen molar-refractivity contribution in [3.05, 3.63) is 58.1 Å². The molecule has 2 aromatic rings. The molecular formula is C18H20ClNO2. The number of halogens is 1. The molecule has 1 atom stereocenters. The summed E-state index contributed by atoms with van der Waals surface area (Å²) < 4.78 is 5.83. The minimum atomic E-state index is -0.598. The third-order valence-electron chi connectivity index (χ3n) is 3.53. The van der Waals surface area contributed by atoms with Gasteiger partial charge >= 0.3 is 0 Å². The second-order valence-electron chi connectivity index (χ2n) is 5.46. The normalized spacial score (nSPS) is 11.9. The predicted octanol–water partition coefficient (Wildman–Crippen LogP) is 4.67. The van der Waals surface area contributed by atoms with Crippen LogP contribution in [0.2, 0.25) is 5.02 Å². The summed E-state index contributed by atoms with van der Waals surface area (Å²) in [4.78, 5) is 12.2. The van der Waals surface area contributed by atoms with Crippen LogP contribution in [0.25, 0.3) is 0 Å². The Bertz CT molecular complexity index is 697. The third kappa shape index (κ3) is 4.01. The van der Waals surface area contributed by atoms with Crippen molar-refractivity contribution in [2.45, 2.75) is 33.8 Å². The van der Waals surface area contributed by atoms with Crippen molar-refractivity contribution >= 4 is 23.2 Å². The summed E-state index contributed by atoms with van der Waals surface area (Å²) in [5.41, 5.74) is 3.97. The second kappa shape index (κ2) is 6.84. The number of carbonyl (C=O) groups excluding carboxylic acids is 1. The zero-order valence-electron chi connectivity index (χ0n) is 13.2. The van der Waals surface area contributed by atoms with Gasteiger partial charge in [-0.25, -0.2) is 0 Å². The second-order valence-corrected chi connectivity index (χ2v) is 5.90. The van der Waals surface area contributed by atoms with Crippen LogP contribution in [-0.4, -0.2) is 12.0 Å². The van der Waals surface area contributed by atoms with E-state index in [-0.39, 0.29) is 5.91 Å². The van der Waals surface area contributed by atoms with E-state index < -0.39 is 6.10 Å². The number of amides is 1. The Labute approximate surface area is 136 Å². The molecule has 0 radical (unpaired) electrons. The summed E-state index contributed by atoms with van der Waals surface area (Å²) in [6.07, 6.45) is -0.598. The average molecular weight is 318 g/mol. The summed E-state index contributed by atoms with van der Waals surface area (Å²) in [5, 5.41) is 3.38. The molecule has 0 aliphatic carbocycles. The van der Waals surface area contributed by atoms with Gasteiger partial charge < -0.3 is 10.1 Å². The molecule has 116 valence electrons. The highest BCUT2D eigenvalue weighted by Gasteiger charge is 2.16. The van der Waals surface area contributed by atoms with Gasteiger partial charge in [-0.05, 0) is 68.7 Å². The minimum absolute atomic E-state index is 0.208. The van der Waals surface area contributed by atoms with Crippen molar-refractivity contribution in [3.8, 4) is 5.75 Å². The smallest absolute Gasteiger partial charge is 0.265 e. The Balaban J connectivity index is 2.09. The maximum atomic E-state index is 12.2. The maximum Gasteiger partial charge on any atom is 0.265 e. The predicted molar refractivity (Wildman–Crippen MR) is 90.8 cm³/mol. The van der Waals surface area contributed by atoms with E-state index in [2.05, 4.69) is 11.4 Å². The molecule has 1 amide bonds. The SMILES string of the molecule is Cc1cc(C)c(C)c(OC(C)C(=O)Nc2cccc(Cl)c2)c1. The zero-order valence-corrected chi connectivity index (χ0v) is 14.0. The maximum absolute atomic E-state index is 12.2. The van der Waals surface area contributed by atoms with E-state index in [1.165, 1.54) is 0 Å². The standard InChI is InChI=1S/C18H20ClNO2/c1-11-8-12(2)13(3)17(9-11)22-14(4)18(21)20-16-7-5-6-15(19)10-16/h5-10,14H,1-4H3,(H,20,21). The Morgan fingerprint density at radius 2 is 1.91 bits per heavy atom. The first kappa shape index (κ1) is 16.4. The van der Waals surface area contributed by atoms with Crippen molar-refractivity contribution in [1.82, 2.24) is 0 Å². The molecule has 0 aliphatic heterocycles. The van der Waals surface area contributed by atoms with Gasteiger partial charge in [-0.1, -0.05) is 23.7 Å². The van der Waals surface area contributed by atoms with E-state index in [0.717, 1.165) is 22.4 Å². The molecule has 2 aromatic carbocycles. The van der Waals surface area contributed by atoms with Gasteiger partial charge in [-0.2, -0.15) is 0 Å². The Hall–Kier alpha value is -2.00. The quantitative estimate of drug-likeness (QED) is 0.889. The Kier molecular flexibility index (Phi) is 5.09. The van der Waals surface area contributed by atoms with Crippen LogP contribution in [0.4, 0.5) is 5.69 Å². The Morgan fingerprint density at radius 1 is 1.18 bits per heavy atom. The lowest BCUT2D eigenvalue weighted by atomic mass is 10.1. The van der Waals surface area contributed by atoms with Crippen molar-refractivity contribution in [2.75, 3.05) is 5.32 Å². The highest BCUT2D eigenvalue weighted by molar-refractivity contribution is 6.30. The van der Waals surface area contributed by atoms with E-state index >= 15 is 0 Å². The molecule has 0 bridgehead atoms. The van der Waals surface area contributed by atoms with Crippen molar-refractivity contribution < 1.29 is 9.53 Å². The highest BCUT2D eigenvalue weighted by Crippen LogP contribution is 2.24. The molecule has 0 saturated heterocycles. The summed E-state index contributed by atoms with van der Waals surface area (Å²) in [5.74, 6) is 0.534. The van der Waals surface area contributed by atoms with Gasteiger partial charge in [0.15, 0.2) is 6.10 Å². The van der Waals surface area contributed by atoms with Gasteiger partial charge in [0.1, 0.15) is 5.75 Å². The van der Waals surface area contributed by atoms with Crippen LogP contribution in [0, 0.1) is 20.8 Å². The number of nitrogens with one attached hydrogen (secondary N) is 1. The topological polar surface area (TPSA) is 38.3 Å². The first-order chi connectivity index (χ1) is 10.4. The van der Waals surface area contributed by atoms with Crippen LogP contribution in [0.15, 0.2) is 36.4 Å². The lowest BCUT2D eigenvalue weighted by molar-refractivity contribution is -0.122. The first-order valence-corrected chi connectivity index (χ1v) is 7.55. The van der Waals surface area contributed by atoms with Crippen LogP contribution in [0.3, 0.4) is 0 Å². The van der Waals surface area contributed by atoms with Crippen LogP contribution in [-0.2, 0) is 4.79 Å². The Morgan fingerprint density at radius 3 is 2.59 bits per heavy atom. The third-order valence-corrected chi connectivity index (χ3v) is 3.76. The number of carbonyl (C=O) groups is 1. The molecule has 2 rings (SSSR count). The fourth-order valence-corrected chi connectivity index (χ4v) is 2.37. The summed E-state index contributed by atoms with van der Waals surface area (Å²) in [6, 6.07) is 11.1. The summed E-state index contributed by atoms with van der Waals surface area (Å²) >= 11 is 5.91. The molecule has 0 aromatic heterocycles. The van der Waals surface area contributed by atoms with Crippen molar-refractivity contribution in [1.29, 1.82) is 0 Å². The van der Waals surface area contributed by atoms with Gasteiger partial charge in [0, 0.05) is 10.7 Å². The fraction of sp³-hybridized carbons (Fsp3) is 0.278. The van der Waals surface area contributed by atoms with Crippen LogP contribution in [0.5, 0.6) is 5.75 Å². The molecule has 1 N–H and O–H groups in total. The molecular weight excluding hydrogens is 298 g/mol. The van der Waals surface area contributed by atoms with E-state index in [0.29, 0.717) is 10.7 Å². The number of hydrogen-bond acceptors (Lipinski definition) is 2. The van der Waals surface area contributed by atoms with Gasteiger partial charge in [0.25, 0.3) is 5.91 Å². The van der Waals surface area contributed by atoms with Gasteiger partial charge in [0.2, 0.25) is 0 Å². The molecule has 0 aliphatic rings. The van der Waals surface area contributed by atoms with Crippen molar-refractivity contribution in [3.63, 3.8) is 0 Å². The van der Waals surface area contributed by atoms with Gasteiger partial charge in [-0.15, -0.1) is 0 Å². The van der Waals surface area contributed by atoms with Crippen LogP contribution >= 0.6 is 11.6 Å². The van der Waals surface area contributed by atoms with Crippen LogP contribution in [0.1, 0.15) is 23.6 Å². The zero-order chi connectivity index (χ0) is 16.3. The molecule has 4 heteroatoms. The molecule has 0 spiro atoms. The number of aryl methyl sites for hydroxylation is 2. The number of ether oxygens (including phenoxy) is 1. The molecule has 3 nitrogen and oxygen atoms in total. The number of benzene rings is 2. The van der Waals surface area contributed by atoms with Crippen LogP contribution < -0.4 is 10.1 Å². The number of hydrogen-bond donors (Lipinski definition) is 1. The average Bonchev–Trinajstić information content (AvgIpc) is 2.44. The van der Waals surface area contributed by atoms with E-state index in [9.17, 15) is 4.79 Å². The summed E-state index contributed by atoms with van der Waals surface area (Å²) in [6.45, 7) is 7.77. The first-order valence-electron chi connectivity index (χ1n) is 7.18. The van der Waals surface area contributed by atoms with E-state index in [4.69, 9.17) is 16.3 Å². The molecule has 0 fully saturated rings. The molecule has 1 unspecified atom stereocenters. The van der Waals surface area contributed by atoms with Crippen molar-refractivity contribution in [2.24, 2.45) is 0 Å². The number of anilines is 1. The fourth-order valence-electron chi connectivity index (χ4n) is 2.18. The van der Waals surface area contributed by atoms with E-state index in [1.54, 1.807) is 31.2 Å². The summed E-state index contributed by atoms with van der Waals surface area (Å²) in [7, 11) is 0. The largest absolute Gasteiger partial charge is 0.481 e. The minimum Gasteiger partial charge on any atom is -0.481 e. The molecule has 0 heterocycles. The lowest BCUT2D eigenvalue weighted by Crippen LogP contribution is -2.30. The number of rotatable bonds is 4. The monoisotopic (exact) mass is 317 g/mol. The molecule has 0 saturated carbocycles. The van der Waals surface area contributed by atoms with E-state index in [1.807, 2.05) is 26.8 Å². The lowest BCUT2D eigenvalue weighted by Gasteiger charge is -2.18. The highest BCUT2D eigenvalue weighted by atomic mass is 35.5. The van der Waals surface area contributed by atoms with Gasteiger partial charge in [0.05, 0.1) is 0 Å². The molecule has 22 heavy (non-hydrogen) atoms. The van der Waals surface area contributed by atoms with Gasteiger partial charge in [-0.3, -0.25) is 4.79 Å².